The molecular formula is C13H18ClN. The molecule has 0 aliphatic heterocycles. The molecule has 0 saturated heterocycles. The van der Waals surface area contributed by atoms with Crippen LogP contribution >= 0.6 is 11.6 Å². The molecule has 0 heterocycles. The van der Waals surface area contributed by atoms with Crippen molar-refractivity contribution in [3.63, 3.8) is 0 Å². The van der Waals surface area contributed by atoms with Crippen LogP contribution in [0.25, 0.3) is 0 Å². The third-order valence-corrected chi connectivity index (χ3v) is 3.89. The van der Waals surface area contributed by atoms with Gasteiger partial charge < -0.3 is 5.32 Å². The summed E-state index contributed by atoms with van der Waals surface area (Å²) in [5.41, 5.74) is 2.74. The highest BCUT2D eigenvalue weighted by atomic mass is 35.5. The van der Waals surface area contributed by atoms with Crippen LogP contribution in [0.2, 0.25) is 5.02 Å². The van der Waals surface area contributed by atoms with Crippen LogP contribution < -0.4 is 5.32 Å². The van der Waals surface area contributed by atoms with Gasteiger partial charge in [0.25, 0.3) is 0 Å². The number of aryl methyl sites for hydroxylation is 1. The topological polar surface area (TPSA) is 12.0 Å². The highest BCUT2D eigenvalue weighted by Crippen LogP contribution is 2.49. The molecule has 1 saturated carbocycles. The number of halogens is 1. The molecule has 1 unspecified atom stereocenters. The first-order valence-electron chi connectivity index (χ1n) is 5.54. The molecule has 82 valence electrons. The molecule has 0 amide bonds. The van der Waals surface area contributed by atoms with Crippen LogP contribution in [-0.2, 0) is 0 Å². The Morgan fingerprint density at radius 2 is 2.07 bits per heavy atom. The van der Waals surface area contributed by atoms with E-state index in [1.165, 1.54) is 18.4 Å². The minimum Gasteiger partial charge on any atom is -0.381 e. The van der Waals surface area contributed by atoms with Crippen LogP contribution in [0.15, 0.2) is 18.2 Å². The fourth-order valence-corrected chi connectivity index (χ4v) is 2.06. The van der Waals surface area contributed by atoms with Crippen LogP contribution in [0.1, 0.15) is 32.3 Å². The van der Waals surface area contributed by atoms with Gasteiger partial charge in [0.15, 0.2) is 0 Å². The Labute approximate surface area is 96.8 Å². The number of nitrogens with one attached hydrogen (secondary N) is 1. The van der Waals surface area contributed by atoms with Crippen molar-refractivity contribution in [1.29, 1.82) is 0 Å². The third-order valence-electron chi connectivity index (χ3n) is 3.58. The van der Waals surface area contributed by atoms with Gasteiger partial charge in [-0.25, -0.2) is 0 Å². The molecule has 1 aliphatic rings. The lowest BCUT2D eigenvalue weighted by molar-refractivity contribution is 0.493. The number of anilines is 1. The van der Waals surface area contributed by atoms with E-state index in [0.29, 0.717) is 11.5 Å². The van der Waals surface area contributed by atoms with Crippen molar-refractivity contribution in [3.8, 4) is 0 Å². The number of rotatable bonds is 3. The van der Waals surface area contributed by atoms with Crippen LogP contribution in [0.4, 0.5) is 5.69 Å². The summed E-state index contributed by atoms with van der Waals surface area (Å²) in [5, 5.41) is 4.33. The van der Waals surface area contributed by atoms with Gasteiger partial charge in [-0.15, -0.1) is 0 Å². The number of hydrogen-bond acceptors (Lipinski definition) is 1. The monoisotopic (exact) mass is 223 g/mol. The summed E-state index contributed by atoms with van der Waals surface area (Å²) in [4.78, 5) is 0. The largest absolute Gasteiger partial charge is 0.381 e. The second-order valence-electron chi connectivity index (χ2n) is 5.00. The Bertz CT molecular complexity index is 369. The molecule has 0 radical (unpaired) electrons. The van der Waals surface area contributed by atoms with Crippen LogP contribution in [-0.4, -0.2) is 6.04 Å². The molecule has 0 spiro atoms. The van der Waals surface area contributed by atoms with E-state index < -0.39 is 0 Å². The van der Waals surface area contributed by atoms with E-state index in [-0.39, 0.29) is 0 Å². The average molecular weight is 224 g/mol. The predicted octanol–water partition coefficient (Wildman–Crippen LogP) is 4.25. The van der Waals surface area contributed by atoms with Gasteiger partial charge in [0.1, 0.15) is 0 Å². The first-order chi connectivity index (χ1) is 7.01. The zero-order chi connectivity index (χ0) is 11.1. The predicted molar refractivity (Wildman–Crippen MR) is 66.6 cm³/mol. The highest BCUT2D eigenvalue weighted by molar-refractivity contribution is 6.33. The summed E-state index contributed by atoms with van der Waals surface area (Å²) in [6, 6.07) is 6.67. The summed E-state index contributed by atoms with van der Waals surface area (Å²) in [5.74, 6) is 0. The maximum Gasteiger partial charge on any atom is 0.0640 e. The van der Waals surface area contributed by atoms with Crippen LogP contribution in [0, 0.1) is 12.3 Å². The third kappa shape index (κ3) is 2.28. The molecule has 1 aliphatic carbocycles. The lowest BCUT2D eigenvalue weighted by Crippen LogP contribution is -2.25. The SMILES string of the molecule is Cc1ccc(NC(C)C2(C)CC2)c(Cl)c1. The molecule has 1 atom stereocenters. The van der Waals surface area contributed by atoms with Crippen molar-refractivity contribution in [2.75, 3.05) is 5.32 Å². The average Bonchev–Trinajstić information content (AvgIpc) is 2.90. The fraction of sp³-hybridized carbons (Fsp3) is 0.538. The van der Waals surface area contributed by atoms with Crippen molar-refractivity contribution < 1.29 is 0 Å². The lowest BCUT2D eigenvalue weighted by Gasteiger charge is -2.22. The first kappa shape index (κ1) is 10.8. The van der Waals surface area contributed by atoms with Crippen molar-refractivity contribution >= 4 is 17.3 Å². The van der Waals surface area contributed by atoms with E-state index in [2.05, 4.69) is 38.2 Å². The Morgan fingerprint density at radius 1 is 1.40 bits per heavy atom. The van der Waals surface area contributed by atoms with Gasteiger partial charge >= 0.3 is 0 Å². The second kappa shape index (κ2) is 3.71. The Hall–Kier alpha value is -0.690. The van der Waals surface area contributed by atoms with Crippen LogP contribution in [0.3, 0.4) is 0 Å². The first-order valence-corrected chi connectivity index (χ1v) is 5.92. The van der Waals surface area contributed by atoms with Crippen molar-refractivity contribution in [3.05, 3.63) is 28.8 Å². The Balaban J connectivity index is 2.10. The minimum atomic E-state index is 0.480. The maximum atomic E-state index is 6.18. The van der Waals surface area contributed by atoms with Gasteiger partial charge in [-0.2, -0.15) is 0 Å². The molecule has 1 aromatic rings. The van der Waals surface area contributed by atoms with Gasteiger partial charge in [-0.3, -0.25) is 0 Å². The molecule has 2 heteroatoms. The quantitative estimate of drug-likeness (QED) is 0.808. The Morgan fingerprint density at radius 3 is 2.60 bits per heavy atom. The highest BCUT2D eigenvalue weighted by Gasteiger charge is 2.42. The normalized spacial score (nSPS) is 19.7. The molecular weight excluding hydrogens is 206 g/mol. The van der Waals surface area contributed by atoms with Gasteiger partial charge in [-0.05, 0) is 49.8 Å². The van der Waals surface area contributed by atoms with Gasteiger partial charge in [0.2, 0.25) is 0 Å². The zero-order valence-corrected chi connectivity index (χ0v) is 10.4. The number of hydrogen-bond donors (Lipinski definition) is 1. The molecule has 1 N–H and O–H groups in total. The van der Waals surface area contributed by atoms with Crippen molar-refractivity contribution in [2.45, 2.75) is 39.7 Å². The standard InChI is InChI=1S/C13H18ClN/c1-9-4-5-12(11(14)8-9)15-10(2)13(3)6-7-13/h4-5,8,10,15H,6-7H2,1-3H3. The molecule has 1 aromatic carbocycles. The summed E-state index contributed by atoms with van der Waals surface area (Å²) in [7, 11) is 0. The van der Waals surface area contributed by atoms with E-state index in [1.54, 1.807) is 0 Å². The Kier molecular flexibility index (Phi) is 2.68. The fourth-order valence-electron chi connectivity index (χ4n) is 1.77. The molecule has 0 aromatic heterocycles. The van der Waals surface area contributed by atoms with E-state index in [1.807, 2.05) is 6.07 Å². The van der Waals surface area contributed by atoms with Gasteiger partial charge in [0, 0.05) is 6.04 Å². The molecule has 1 nitrogen and oxygen atoms in total. The van der Waals surface area contributed by atoms with E-state index in [0.717, 1.165) is 10.7 Å². The van der Waals surface area contributed by atoms with Crippen molar-refractivity contribution in [2.24, 2.45) is 5.41 Å². The smallest absolute Gasteiger partial charge is 0.0640 e. The maximum absolute atomic E-state index is 6.18. The second-order valence-corrected chi connectivity index (χ2v) is 5.41. The molecule has 2 rings (SSSR count). The minimum absolute atomic E-state index is 0.480. The van der Waals surface area contributed by atoms with Crippen molar-refractivity contribution in [1.82, 2.24) is 0 Å². The van der Waals surface area contributed by atoms with Gasteiger partial charge in [0.05, 0.1) is 10.7 Å². The summed E-state index contributed by atoms with van der Waals surface area (Å²) in [6.45, 7) is 6.62. The van der Waals surface area contributed by atoms with E-state index >= 15 is 0 Å². The summed E-state index contributed by atoms with van der Waals surface area (Å²) in [6.07, 6.45) is 2.65. The van der Waals surface area contributed by atoms with E-state index in [4.69, 9.17) is 11.6 Å². The zero-order valence-electron chi connectivity index (χ0n) is 9.60. The van der Waals surface area contributed by atoms with Gasteiger partial charge in [-0.1, -0.05) is 24.6 Å². The lowest BCUT2D eigenvalue weighted by atomic mass is 10.0. The molecule has 1 fully saturated rings. The summed E-state index contributed by atoms with van der Waals surface area (Å²) < 4.78 is 0. The summed E-state index contributed by atoms with van der Waals surface area (Å²) >= 11 is 6.18. The molecule has 15 heavy (non-hydrogen) atoms. The van der Waals surface area contributed by atoms with E-state index in [9.17, 15) is 0 Å². The number of benzene rings is 1. The van der Waals surface area contributed by atoms with Crippen LogP contribution in [0.5, 0.6) is 0 Å². The molecule has 0 bridgehead atoms.